The normalized spacial score (nSPS) is 26.5. The fourth-order valence-corrected chi connectivity index (χ4v) is 3.56. The highest BCUT2D eigenvalue weighted by atomic mass is 15.2. The Morgan fingerprint density at radius 2 is 2.05 bits per heavy atom. The molecule has 1 fully saturated rings. The Hall–Kier alpha value is -0.630. The summed E-state index contributed by atoms with van der Waals surface area (Å²) in [6.07, 6.45) is 5.56. The number of nitriles is 1. The number of nitrogens with zero attached hydrogens (tertiary/aromatic N) is 3. The minimum Gasteiger partial charge on any atom is -0.309 e. The minimum atomic E-state index is -0.313. The van der Waals surface area contributed by atoms with Crippen LogP contribution < -0.4 is 5.32 Å². The van der Waals surface area contributed by atoms with Gasteiger partial charge in [-0.2, -0.15) is 5.26 Å². The van der Waals surface area contributed by atoms with Crippen molar-refractivity contribution >= 4 is 0 Å². The molecule has 2 unspecified atom stereocenters. The fourth-order valence-electron chi connectivity index (χ4n) is 3.56. The van der Waals surface area contributed by atoms with Crippen LogP contribution in [0.1, 0.15) is 52.9 Å². The van der Waals surface area contributed by atoms with Gasteiger partial charge < -0.3 is 9.80 Å². The molecular formula is C17H34N4. The van der Waals surface area contributed by atoms with Gasteiger partial charge in [-0.25, -0.2) is 0 Å². The molecule has 122 valence electrons. The first kappa shape index (κ1) is 18.4. The molecule has 0 spiro atoms. The fraction of sp³-hybridized carbons (Fsp3) is 0.941. The molecule has 4 heteroatoms. The van der Waals surface area contributed by atoms with E-state index in [9.17, 15) is 5.26 Å². The molecule has 2 atom stereocenters. The van der Waals surface area contributed by atoms with Crippen molar-refractivity contribution in [3.8, 4) is 6.07 Å². The first-order valence-electron chi connectivity index (χ1n) is 8.50. The second-order valence-corrected chi connectivity index (χ2v) is 7.03. The van der Waals surface area contributed by atoms with Gasteiger partial charge in [-0.15, -0.1) is 0 Å². The third-order valence-electron chi connectivity index (χ3n) is 4.48. The van der Waals surface area contributed by atoms with E-state index in [0.29, 0.717) is 12.1 Å². The molecule has 1 aliphatic carbocycles. The topological polar surface area (TPSA) is 42.3 Å². The number of nitrogens with one attached hydrogen (secondary N) is 1. The summed E-state index contributed by atoms with van der Waals surface area (Å²) in [5.74, 6) is 0. The second kappa shape index (κ2) is 8.73. The van der Waals surface area contributed by atoms with E-state index in [2.05, 4.69) is 56.1 Å². The maximum atomic E-state index is 9.67. The third kappa shape index (κ3) is 5.94. The molecule has 21 heavy (non-hydrogen) atoms. The van der Waals surface area contributed by atoms with Gasteiger partial charge in [0.25, 0.3) is 0 Å². The molecule has 0 radical (unpaired) electrons. The van der Waals surface area contributed by atoms with E-state index in [0.717, 1.165) is 38.9 Å². The molecule has 0 aromatic carbocycles. The van der Waals surface area contributed by atoms with Gasteiger partial charge in [-0.1, -0.05) is 6.92 Å². The lowest BCUT2D eigenvalue weighted by Crippen LogP contribution is -2.54. The van der Waals surface area contributed by atoms with E-state index in [-0.39, 0.29) is 5.54 Å². The Labute approximate surface area is 131 Å². The zero-order chi connectivity index (χ0) is 15.9. The Balaban J connectivity index is 2.61. The Bertz CT molecular complexity index is 334. The first-order chi connectivity index (χ1) is 9.92. The summed E-state index contributed by atoms with van der Waals surface area (Å²) in [7, 11) is 4.26. The molecular weight excluding hydrogens is 260 g/mol. The highest BCUT2D eigenvalue weighted by molar-refractivity contribution is 5.11. The van der Waals surface area contributed by atoms with Crippen molar-refractivity contribution in [3.63, 3.8) is 0 Å². The van der Waals surface area contributed by atoms with Crippen molar-refractivity contribution in [2.45, 2.75) is 70.5 Å². The third-order valence-corrected chi connectivity index (χ3v) is 4.48. The molecule has 1 saturated carbocycles. The van der Waals surface area contributed by atoms with Gasteiger partial charge in [-0.05, 0) is 79.7 Å². The van der Waals surface area contributed by atoms with E-state index >= 15 is 0 Å². The summed E-state index contributed by atoms with van der Waals surface area (Å²) < 4.78 is 0. The van der Waals surface area contributed by atoms with Crippen LogP contribution in [0.25, 0.3) is 0 Å². The predicted molar refractivity (Wildman–Crippen MR) is 89.3 cm³/mol. The van der Waals surface area contributed by atoms with Gasteiger partial charge in [0.15, 0.2) is 0 Å². The average molecular weight is 294 g/mol. The monoisotopic (exact) mass is 294 g/mol. The molecule has 4 nitrogen and oxygen atoms in total. The lowest BCUT2D eigenvalue weighted by atomic mass is 9.79. The largest absolute Gasteiger partial charge is 0.309 e. The number of hydrogen-bond donors (Lipinski definition) is 1. The van der Waals surface area contributed by atoms with E-state index in [1.54, 1.807) is 0 Å². The van der Waals surface area contributed by atoms with Crippen molar-refractivity contribution in [1.82, 2.24) is 15.1 Å². The van der Waals surface area contributed by atoms with Crippen LogP contribution in [-0.4, -0.2) is 61.2 Å². The molecule has 0 aromatic rings. The van der Waals surface area contributed by atoms with Crippen molar-refractivity contribution < 1.29 is 0 Å². The molecule has 0 aromatic heterocycles. The van der Waals surface area contributed by atoms with Crippen LogP contribution in [0.2, 0.25) is 0 Å². The van der Waals surface area contributed by atoms with Crippen LogP contribution in [0.5, 0.6) is 0 Å². The molecule has 0 saturated heterocycles. The summed E-state index contributed by atoms with van der Waals surface area (Å²) >= 11 is 0. The zero-order valence-electron chi connectivity index (χ0n) is 14.7. The second-order valence-electron chi connectivity index (χ2n) is 7.03. The Morgan fingerprint density at radius 3 is 2.57 bits per heavy atom. The smallest absolute Gasteiger partial charge is 0.108 e. The van der Waals surface area contributed by atoms with Gasteiger partial charge in [0.1, 0.15) is 5.54 Å². The molecule has 1 rings (SSSR count). The highest BCUT2D eigenvalue weighted by Gasteiger charge is 2.38. The maximum Gasteiger partial charge on any atom is 0.108 e. The number of hydrogen-bond acceptors (Lipinski definition) is 4. The van der Waals surface area contributed by atoms with Crippen LogP contribution in [0, 0.1) is 11.3 Å². The van der Waals surface area contributed by atoms with E-state index in [4.69, 9.17) is 0 Å². The van der Waals surface area contributed by atoms with Crippen LogP contribution in [0.4, 0.5) is 0 Å². The average Bonchev–Trinajstić information content (AvgIpc) is 2.43. The summed E-state index contributed by atoms with van der Waals surface area (Å²) in [4.78, 5) is 4.82. The summed E-state index contributed by atoms with van der Waals surface area (Å²) in [5, 5.41) is 13.2. The molecule has 0 aliphatic heterocycles. The van der Waals surface area contributed by atoms with Crippen LogP contribution in [-0.2, 0) is 0 Å². The highest BCUT2D eigenvalue weighted by Crippen LogP contribution is 2.31. The molecule has 0 heterocycles. The first-order valence-corrected chi connectivity index (χ1v) is 8.50. The van der Waals surface area contributed by atoms with Crippen molar-refractivity contribution in [2.24, 2.45) is 0 Å². The molecule has 1 N–H and O–H groups in total. The predicted octanol–water partition coefficient (Wildman–Crippen LogP) is 2.46. The van der Waals surface area contributed by atoms with E-state index in [1.165, 1.54) is 12.8 Å². The molecule has 0 amide bonds. The number of rotatable bonds is 8. The minimum absolute atomic E-state index is 0.313. The quantitative estimate of drug-likeness (QED) is 0.747. The van der Waals surface area contributed by atoms with Crippen LogP contribution >= 0.6 is 0 Å². The summed E-state index contributed by atoms with van der Waals surface area (Å²) in [6.45, 7) is 9.88. The lowest BCUT2D eigenvalue weighted by molar-refractivity contribution is 0.117. The lowest BCUT2D eigenvalue weighted by Gasteiger charge is -2.42. The van der Waals surface area contributed by atoms with E-state index in [1.807, 2.05) is 0 Å². The maximum absolute atomic E-state index is 9.67. The molecule has 1 aliphatic rings. The zero-order valence-corrected chi connectivity index (χ0v) is 14.7. The summed E-state index contributed by atoms with van der Waals surface area (Å²) in [5.41, 5.74) is -0.313. The molecule has 0 bridgehead atoms. The SMILES string of the molecule is CCN(CCCN(C)C)C1CCCC(C#N)(NC(C)C)C1. The van der Waals surface area contributed by atoms with Crippen molar-refractivity contribution in [2.75, 3.05) is 33.7 Å². The van der Waals surface area contributed by atoms with Gasteiger partial charge in [0.2, 0.25) is 0 Å². The van der Waals surface area contributed by atoms with Gasteiger partial charge in [0.05, 0.1) is 6.07 Å². The Kier molecular flexibility index (Phi) is 7.65. The van der Waals surface area contributed by atoms with Gasteiger partial charge in [0, 0.05) is 12.1 Å². The summed E-state index contributed by atoms with van der Waals surface area (Å²) in [6, 6.07) is 3.51. The Morgan fingerprint density at radius 1 is 1.33 bits per heavy atom. The van der Waals surface area contributed by atoms with Gasteiger partial charge in [-0.3, -0.25) is 5.32 Å². The van der Waals surface area contributed by atoms with Crippen molar-refractivity contribution in [3.05, 3.63) is 0 Å². The van der Waals surface area contributed by atoms with Crippen molar-refractivity contribution in [1.29, 1.82) is 5.26 Å². The van der Waals surface area contributed by atoms with E-state index < -0.39 is 0 Å². The van der Waals surface area contributed by atoms with Crippen LogP contribution in [0.15, 0.2) is 0 Å². The van der Waals surface area contributed by atoms with Gasteiger partial charge >= 0.3 is 0 Å². The standard InChI is InChI=1S/C17H34N4/c1-6-21(12-8-11-20(4)5)16-9-7-10-17(13-16,14-18)19-15(2)3/h15-16,19H,6-13H2,1-5H3. The van der Waals surface area contributed by atoms with Crippen LogP contribution in [0.3, 0.4) is 0 Å².